The molecule has 0 aromatic heterocycles. The molecule has 0 spiro atoms. The fraction of sp³-hybridized carbons (Fsp3) is 0.500. The first kappa shape index (κ1) is 12.1. The van der Waals surface area contributed by atoms with Crippen LogP contribution in [0.5, 0.6) is 0 Å². The zero-order valence-electron chi connectivity index (χ0n) is 9.89. The predicted molar refractivity (Wildman–Crippen MR) is 64.7 cm³/mol. The van der Waals surface area contributed by atoms with Gasteiger partial charge in [-0.2, -0.15) is 0 Å². The Kier molecular flexibility index (Phi) is 4.15. The van der Waals surface area contributed by atoms with Crippen LogP contribution in [0.25, 0.3) is 0 Å². The van der Waals surface area contributed by atoms with Gasteiger partial charge in [-0.1, -0.05) is 18.6 Å². The quantitative estimate of drug-likeness (QED) is 0.818. The highest BCUT2D eigenvalue weighted by Gasteiger charge is 2.18. The third-order valence-electron chi connectivity index (χ3n) is 3.20. The number of benzene rings is 1. The summed E-state index contributed by atoms with van der Waals surface area (Å²) in [6.07, 6.45) is 5.62. The molecule has 0 bridgehead atoms. The van der Waals surface area contributed by atoms with Gasteiger partial charge in [-0.3, -0.25) is 0 Å². The van der Waals surface area contributed by atoms with Crippen molar-refractivity contribution in [2.24, 2.45) is 0 Å². The summed E-state index contributed by atoms with van der Waals surface area (Å²) in [5, 5.41) is 8.91. The van der Waals surface area contributed by atoms with Crippen LogP contribution in [0.3, 0.4) is 0 Å². The van der Waals surface area contributed by atoms with Crippen molar-refractivity contribution in [2.45, 2.75) is 44.8 Å². The Morgan fingerprint density at radius 2 is 1.82 bits per heavy atom. The van der Waals surface area contributed by atoms with Crippen LogP contribution >= 0.6 is 0 Å². The van der Waals surface area contributed by atoms with Crippen LogP contribution in [0.1, 0.15) is 48.0 Å². The van der Waals surface area contributed by atoms with Crippen LogP contribution < -0.4 is 0 Å². The van der Waals surface area contributed by atoms with E-state index in [-0.39, 0.29) is 18.7 Å². The molecule has 0 unspecified atom stereocenters. The molecule has 0 amide bonds. The Balaban J connectivity index is 1.93. The van der Waals surface area contributed by atoms with Crippen molar-refractivity contribution < 1.29 is 14.6 Å². The second-order valence-corrected chi connectivity index (χ2v) is 4.52. The number of hydrogen-bond acceptors (Lipinski definition) is 3. The Bertz CT molecular complexity index is 364. The number of esters is 1. The first-order valence-corrected chi connectivity index (χ1v) is 6.20. The molecule has 0 heterocycles. The number of ether oxygens (including phenoxy) is 1. The van der Waals surface area contributed by atoms with Crippen molar-refractivity contribution >= 4 is 5.97 Å². The van der Waals surface area contributed by atoms with E-state index in [1.165, 1.54) is 6.42 Å². The fourth-order valence-electron chi connectivity index (χ4n) is 2.15. The van der Waals surface area contributed by atoms with Gasteiger partial charge in [0.15, 0.2) is 0 Å². The third kappa shape index (κ3) is 3.30. The molecule has 0 aliphatic heterocycles. The zero-order chi connectivity index (χ0) is 12.1. The summed E-state index contributed by atoms with van der Waals surface area (Å²) >= 11 is 0. The molecule has 0 saturated heterocycles. The highest BCUT2D eigenvalue weighted by molar-refractivity contribution is 5.89. The second kappa shape index (κ2) is 5.82. The van der Waals surface area contributed by atoms with Gasteiger partial charge in [0.05, 0.1) is 12.2 Å². The Hall–Kier alpha value is -1.35. The molecule has 1 aliphatic carbocycles. The first-order chi connectivity index (χ1) is 8.29. The smallest absolute Gasteiger partial charge is 0.338 e. The van der Waals surface area contributed by atoms with Crippen molar-refractivity contribution in [3.8, 4) is 0 Å². The molecule has 1 aromatic rings. The van der Waals surface area contributed by atoms with Gasteiger partial charge in [-0.25, -0.2) is 4.79 Å². The van der Waals surface area contributed by atoms with Gasteiger partial charge in [0.2, 0.25) is 0 Å². The maximum atomic E-state index is 11.8. The highest BCUT2D eigenvalue weighted by Crippen LogP contribution is 2.21. The maximum absolute atomic E-state index is 11.8. The van der Waals surface area contributed by atoms with Gasteiger partial charge in [0.1, 0.15) is 6.10 Å². The monoisotopic (exact) mass is 234 g/mol. The Morgan fingerprint density at radius 1 is 1.18 bits per heavy atom. The molecule has 0 atom stereocenters. The van der Waals surface area contributed by atoms with Gasteiger partial charge in [-0.05, 0) is 43.4 Å². The molecule has 3 nitrogen and oxygen atoms in total. The molecule has 0 radical (unpaired) electrons. The molecular weight excluding hydrogens is 216 g/mol. The molecular formula is C14H18O3. The summed E-state index contributed by atoms with van der Waals surface area (Å²) in [6.45, 7) is -0.00203. The van der Waals surface area contributed by atoms with E-state index >= 15 is 0 Å². The molecule has 3 heteroatoms. The molecule has 1 fully saturated rings. The number of aliphatic hydroxyl groups is 1. The van der Waals surface area contributed by atoms with E-state index < -0.39 is 0 Å². The molecule has 2 rings (SSSR count). The van der Waals surface area contributed by atoms with Crippen molar-refractivity contribution in [3.05, 3.63) is 35.4 Å². The molecule has 1 aliphatic rings. The van der Waals surface area contributed by atoms with Gasteiger partial charge in [0, 0.05) is 0 Å². The maximum Gasteiger partial charge on any atom is 0.338 e. The minimum absolute atomic E-state index is 0.00203. The average molecular weight is 234 g/mol. The standard InChI is InChI=1S/C14H18O3/c15-10-11-6-8-12(9-7-11)14(16)17-13-4-2-1-3-5-13/h6-9,13,15H,1-5,10H2. The normalized spacial score (nSPS) is 16.8. The van der Waals surface area contributed by atoms with Crippen molar-refractivity contribution in [1.82, 2.24) is 0 Å². The molecule has 92 valence electrons. The van der Waals surface area contributed by atoms with Crippen LogP contribution in [-0.4, -0.2) is 17.2 Å². The van der Waals surface area contributed by atoms with Gasteiger partial charge in [0.25, 0.3) is 0 Å². The lowest BCUT2D eigenvalue weighted by molar-refractivity contribution is 0.0211. The Labute approximate surface area is 101 Å². The summed E-state index contributed by atoms with van der Waals surface area (Å²) in [5.41, 5.74) is 1.37. The molecule has 1 N–H and O–H groups in total. The lowest BCUT2D eigenvalue weighted by Gasteiger charge is -2.21. The van der Waals surface area contributed by atoms with Gasteiger partial charge >= 0.3 is 5.97 Å². The number of aliphatic hydroxyl groups excluding tert-OH is 1. The van der Waals surface area contributed by atoms with E-state index in [0.29, 0.717) is 5.56 Å². The minimum Gasteiger partial charge on any atom is -0.459 e. The van der Waals surface area contributed by atoms with E-state index in [2.05, 4.69) is 0 Å². The fourth-order valence-corrected chi connectivity index (χ4v) is 2.15. The number of carbonyl (C=O) groups is 1. The SMILES string of the molecule is O=C(OC1CCCCC1)c1ccc(CO)cc1. The van der Waals surface area contributed by atoms with Crippen LogP contribution in [0.4, 0.5) is 0 Å². The van der Waals surface area contributed by atoms with Crippen LogP contribution in [0.15, 0.2) is 24.3 Å². The Morgan fingerprint density at radius 3 is 2.41 bits per heavy atom. The average Bonchev–Trinajstić information content (AvgIpc) is 2.40. The lowest BCUT2D eigenvalue weighted by atomic mass is 9.98. The van der Waals surface area contributed by atoms with Crippen LogP contribution in [-0.2, 0) is 11.3 Å². The largest absolute Gasteiger partial charge is 0.459 e. The zero-order valence-corrected chi connectivity index (χ0v) is 9.89. The van der Waals surface area contributed by atoms with Crippen molar-refractivity contribution in [3.63, 3.8) is 0 Å². The summed E-state index contributed by atoms with van der Waals surface area (Å²) in [4.78, 5) is 11.8. The van der Waals surface area contributed by atoms with E-state index in [0.717, 1.165) is 31.2 Å². The van der Waals surface area contributed by atoms with Gasteiger partial charge < -0.3 is 9.84 Å². The topological polar surface area (TPSA) is 46.5 Å². The third-order valence-corrected chi connectivity index (χ3v) is 3.20. The number of hydrogen-bond donors (Lipinski definition) is 1. The predicted octanol–water partition coefficient (Wildman–Crippen LogP) is 2.67. The summed E-state index contributed by atoms with van der Waals surface area (Å²) in [7, 11) is 0. The number of rotatable bonds is 3. The summed E-state index contributed by atoms with van der Waals surface area (Å²) < 4.78 is 5.45. The highest BCUT2D eigenvalue weighted by atomic mass is 16.5. The van der Waals surface area contributed by atoms with Crippen molar-refractivity contribution in [2.75, 3.05) is 0 Å². The molecule has 1 aromatic carbocycles. The van der Waals surface area contributed by atoms with E-state index in [4.69, 9.17) is 9.84 Å². The first-order valence-electron chi connectivity index (χ1n) is 6.20. The van der Waals surface area contributed by atoms with Crippen LogP contribution in [0.2, 0.25) is 0 Å². The van der Waals surface area contributed by atoms with Crippen LogP contribution in [0, 0.1) is 0 Å². The lowest BCUT2D eigenvalue weighted by Crippen LogP contribution is -2.20. The number of carbonyl (C=O) groups excluding carboxylic acids is 1. The summed E-state index contributed by atoms with van der Waals surface area (Å²) in [5.74, 6) is -0.249. The van der Waals surface area contributed by atoms with E-state index in [9.17, 15) is 4.79 Å². The van der Waals surface area contributed by atoms with Gasteiger partial charge in [-0.15, -0.1) is 0 Å². The van der Waals surface area contributed by atoms with E-state index in [1.807, 2.05) is 0 Å². The van der Waals surface area contributed by atoms with E-state index in [1.54, 1.807) is 24.3 Å². The summed E-state index contributed by atoms with van der Waals surface area (Å²) in [6, 6.07) is 6.91. The molecule has 1 saturated carbocycles. The molecule has 17 heavy (non-hydrogen) atoms. The second-order valence-electron chi connectivity index (χ2n) is 4.52. The van der Waals surface area contributed by atoms with Crippen molar-refractivity contribution in [1.29, 1.82) is 0 Å². The minimum atomic E-state index is -0.249.